The fraction of sp³-hybridized carbons (Fsp3) is 0.451. The van der Waals surface area contributed by atoms with Gasteiger partial charge in [0.25, 0.3) is 16.0 Å². The van der Waals surface area contributed by atoms with Gasteiger partial charge in [0.1, 0.15) is 18.1 Å². The van der Waals surface area contributed by atoms with Gasteiger partial charge in [-0.1, -0.05) is 77.1 Å². The quantitative estimate of drug-likeness (QED) is 0.0738. The van der Waals surface area contributed by atoms with Gasteiger partial charge in [-0.15, -0.1) is 0 Å². The molecule has 0 atom stereocenters. The van der Waals surface area contributed by atoms with Crippen LogP contribution in [-0.4, -0.2) is 81.0 Å². The molecule has 0 spiro atoms. The Kier molecular flexibility index (Phi) is 14.8. The van der Waals surface area contributed by atoms with Crippen molar-refractivity contribution in [3.63, 3.8) is 0 Å². The van der Waals surface area contributed by atoms with E-state index in [0.29, 0.717) is 45.1 Å². The maximum Gasteiger partial charge on any atom is 0.264 e. The van der Waals surface area contributed by atoms with E-state index in [1.807, 2.05) is 42.5 Å². The Morgan fingerprint density at radius 1 is 0.887 bits per heavy atom. The average molecular weight is 865 g/mol. The van der Waals surface area contributed by atoms with E-state index in [-0.39, 0.29) is 28.9 Å². The number of benzene rings is 3. The van der Waals surface area contributed by atoms with Gasteiger partial charge in [-0.2, -0.15) is 13.0 Å². The van der Waals surface area contributed by atoms with Crippen LogP contribution in [0.2, 0.25) is 0 Å². The van der Waals surface area contributed by atoms with E-state index in [2.05, 4.69) is 119 Å². The maximum atomic E-state index is 13.4. The number of nitrogens with one attached hydrogen (secondary N) is 1. The summed E-state index contributed by atoms with van der Waals surface area (Å²) in [7, 11) is -4.16. The number of allylic oxidation sites excluding steroid dienone is 7. The zero-order valence-corrected chi connectivity index (χ0v) is 38.7. The van der Waals surface area contributed by atoms with Gasteiger partial charge in [0, 0.05) is 53.2 Å². The molecule has 62 heavy (non-hydrogen) atoms. The van der Waals surface area contributed by atoms with Crippen molar-refractivity contribution >= 4 is 33.1 Å². The van der Waals surface area contributed by atoms with Crippen molar-refractivity contribution in [1.82, 2.24) is 5.32 Å². The highest BCUT2D eigenvalue weighted by Crippen LogP contribution is 2.48. The van der Waals surface area contributed by atoms with Crippen molar-refractivity contribution in [1.29, 1.82) is 0 Å². The first-order valence-corrected chi connectivity index (χ1v) is 23.6. The third-order valence-electron chi connectivity index (χ3n) is 11.8. The van der Waals surface area contributed by atoms with Crippen LogP contribution in [0.5, 0.6) is 5.75 Å². The fourth-order valence-electron chi connectivity index (χ4n) is 8.70. The lowest BCUT2D eigenvalue weighted by molar-refractivity contribution is -0.433. The number of rotatable bonds is 18. The van der Waals surface area contributed by atoms with Crippen LogP contribution in [0.25, 0.3) is 0 Å². The number of carbonyl (C=O) groups excluding carboxylic acids is 1. The average Bonchev–Trinajstić information content (AvgIpc) is 3.57. The van der Waals surface area contributed by atoms with E-state index >= 15 is 0 Å². The van der Waals surface area contributed by atoms with Crippen LogP contribution >= 0.6 is 0 Å². The lowest BCUT2D eigenvalue weighted by atomic mass is 9.81. The van der Waals surface area contributed by atoms with Crippen LogP contribution in [0.4, 0.5) is 11.4 Å². The molecule has 0 fully saturated rings. The normalized spacial score (nSPS) is 18.6. The van der Waals surface area contributed by atoms with Crippen molar-refractivity contribution in [2.45, 2.75) is 91.9 Å². The van der Waals surface area contributed by atoms with E-state index in [1.54, 1.807) is 6.07 Å². The van der Waals surface area contributed by atoms with Crippen molar-refractivity contribution < 1.29 is 36.6 Å². The van der Waals surface area contributed by atoms with Gasteiger partial charge < -0.3 is 24.4 Å². The van der Waals surface area contributed by atoms with Gasteiger partial charge in [-0.3, -0.25) is 9.35 Å². The summed E-state index contributed by atoms with van der Waals surface area (Å²) in [4.78, 5) is 15.5. The number of nitrogens with zero attached hydrogens (tertiary/aromatic N) is 2. The minimum atomic E-state index is -4.16. The Balaban J connectivity index is 1.30. The molecule has 6 rings (SSSR count). The number of fused-ring (bicyclic) bond motifs is 2. The molecule has 2 heterocycles. The second kappa shape index (κ2) is 19.7. The molecule has 3 aliphatic rings. The van der Waals surface area contributed by atoms with Crippen molar-refractivity contribution in [3.05, 3.63) is 136 Å². The second-order valence-electron chi connectivity index (χ2n) is 18.6. The first kappa shape index (κ1) is 46.7. The summed E-state index contributed by atoms with van der Waals surface area (Å²) in [5.41, 5.74) is 8.70. The van der Waals surface area contributed by atoms with E-state index in [9.17, 15) is 17.8 Å². The second-order valence-corrected chi connectivity index (χ2v) is 20.2. The fourth-order valence-corrected chi connectivity index (χ4v) is 9.19. The number of amides is 1. The Morgan fingerprint density at radius 3 is 2.34 bits per heavy atom. The van der Waals surface area contributed by atoms with Crippen LogP contribution < -0.4 is 15.0 Å². The molecule has 0 radical (unpaired) electrons. The Labute approximate surface area is 369 Å². The molecule has 0 unspecified atom stereocenters. The molecule has 3 aromatic rings. The summed E-state index contributed by atoms with van der Waals surface area (Å²) in [6.45, 7) is 20.9. The number of anilines is 1. The number of hydrogen-bond donors (Lipinski definition) is 2. The van der Waals surface area contributed by atoms with Gasteiger partial charge in [0.2, 0.25) is 5.69 Å². The van der Waals surface area contributed by atoms with E-state index in [1.165, 1.54) is 17.0 Å². The third-order valence-corrected chi connectivity index (χ3v) is 12.6. The number of ether oxygens (including phenoxy) is 3. The zero-order valence-electron chi connectivity index (χ0n) is 37.9. The largest absolute Gasteiger partial charge is 0.457 e. The molecule has 11 heteroatoms. The molecule has 0 bridgehead atoms. The van der Waals surface area contributed by atoms with Crippen molar-refractivity contribution in [2.24, 2.45) is 5.41 Å². The lowest BCUT2D eigenvalue weighted by Crippen LogP contribution is -2.28. The molecule has 332 valence electrons. The topological polar surface area (TPSA) is 117 Å². The highest BCUT2D eigenvalue weighted by atomic mass is 32.2. The Hall–Kier alpha value is -4.81. The van der Waals surface area contributed by atoms with Gasteiger partial charge in [-0.05, 0) is 111 Å². The maximum absolute atomic E-state index is 13.4. The van der Waals surface area contributed by atoms with Gasteiger partial charge >= 0.3 is 0 Å². The summed E-state index contributed by atoms with van der Waals surface area (Å²) in [6, 6.07) is 24.2. The molecule has 1 aliphatic carbocycles. The van der Waals surface area contributed by atoms with Crippen molar-refractivity contribution in [2.75, 3.05) is 56.7 Å². The summed E-state index contributed by atoms with van der Waals surface area (Å²) in [5.74, 6) is 1.03. The monoisotopic (exact) mass is 864 g/mol. The van der Waals surface area contributed by atoms with E-state index in [0.717, 1.165) is 65.4 Å². The molecule has 0 saturated heterocycles. The minimum Gasteiger partial charge on any atom is -0.457 e. The smallest absolute Gasteiger partial charge is 0.264 e. The summed E-state index contributed by atoms with van der Waals surface area (Å²) >= 11 is 0. The SMILES string of the molecule is CC[N+]1=C(/C=C/C2=C(Oc3ccccc3)C(=C/C=C3/N(CCCS(=O)(=O)O)c4ccc(C(=O)NCCOCCOCC(C)(C)C)cc4C3(C)C)/CCC2)C(C)(C)c2ccccc21. The predicted molar refractivity (Wildman–Crippen MR) is 249 cm³/mol. The van der Waals surface area contributed by atoms with Gasteiger partial charge in [0.15, 0.2) is 5.71 Å². The zero-order chi connectivity index (χ0) is 44.7. The first-order valence-electron chi connectivity index (χ1n) is 22.0. The lowest BCUT2D eigenvalue weighted by Gasteiger charge is -2.27. The number of para-hydroxylation sites is 2. The standard InChI is InChI=1S/C51H65N3O7S/c1-9-53-43-22-14-13-21-41(43)50(5,6)45(53)27-24-37-17-15-18-38(47(37)61-40-19-11-10-12-20-40)25-28-46-51(7,8)42-35-39(23-26-44(42)54(46)30-16-34-62(56,57)58)48(55)52-29-31-59-32-33-60-36-49(2,3)4/h10-14,19-28,35H,9,15-18,29-34,36H2,1-8H3,(H-,52,55,56,57,58)/p+1. The van der Waals surface area contributed by atoms with Crippen LogP contribution in [0.15, 0.2) is 120 Å². The van der Waals surface area contributed by atoms with Gasteiger partial charge in [-0.25, -0.2) is 0 Å². The molecule has 2 aliphatic heterocycles. The third kappa shape index (κ3) is 11.2. The number of carbonyl (C=O) groups is 1. The Bertz CT molecular complexity index is 2370. The van der Waals surface area contributed by atoms with Crippen LogP contribution in [0.3, 0.4) is 0 Å². The van der Waals surface area contributed by atoms with Gasteiger partial charge in [0.05, 0.1) is 37.6 Å². The molecule has 1 amide bonds. The number of hydrogen-bond acceptors (Lipinski definition) is 7. The predicted octanol–water partition coefficient (Wildman–Crippen LogP) is 9.85. The molecular weight excluding hydrogens is 799 g/mol. The molecule has 0 saturated carbocycles. The van der Waals surface area contributed by atoms with E-state index < -0.39 is 15.5 Å². The minimum absolute atomic E-state index is 0.0941. The summed E-state index contributed by atoms with van der Waals surface area (Å²) < 4.78 is 53.8. The van der Waals surface area contributed by atoms with E-state index in [4.69, 9.17) is 14.2 Å². The van der Waals surface area contributed by atoms with Crippen molar-refractivity contribution in [3.8, 4) is 5.75 Å². The van der Waals surface area contributed by atoms with Crippen LogP contribution in [0, 0.1) is 5.41 Å². The molecular formula is C51H66N3O7S+. The van der Waals surface area contributed by atoms with Crippen LogP contribution in [-0.2, 0) is 30.4 Å². The first-order chi connectivity index (χ1) is 29.4. The Morgan fingerprint density at radius 2 is 1.61 bits per heavy atom. The highest BCUT2D eigenvalue weighted by Gasteiger charge is 2.44. The molecule has 2 N–H and O–H groups in total. The van der Waals surface area contributed by atoms with Crippen LogP contribution in [0.1, 0.15) is 103 Å². The molecule has 0 aromatic heterocycles. The summed E-state index contributed by atoms with van der Waals surface area (Å²) in [6.07, 6.45) is 11.6. The molecule has 3 aromatic carbocycles. The molecule has 10 nitrogen and oxygen atoms in total. The summed E-state index contributed by atoms with van der Waals surface area (Å²) in [5, 5.41) is 2.98. The highest BCUT2D eigenvalue weighted by molar-refractivity contribution is 7.85.